The summed E-state index contributed by atoms with van der Waals surface area (Å²) in [7, 11) is -3.70. The molecule has 0 aliphatic carbocycles. The first-order valence-electron chi connectivity index (χ1n) is 15.7. The lowest BCUT2D eigenvalue weighted by atomic mass is 9.95. The lowest BCUT2D eigenvalue weighted by Crippen LogP contribution is -2.43. The van der Waals surface area contributed by atoms with E-state index in [4.69, 9.17) is 23.2 Å². The quantitative estimate of drug-likeness (QED) is 0.179. The van der Waals surface area contributed by atoms with Gasteiger partial charge in [0.2, 0.25) is 0 Å². The van der Waals surface area contributed by atoms with Gasteiger partial charge in [-0.2, -0.15) is 0 Å². The molecule has 0 fully saturated rings. The molecule has 3 aromatic rings. The van der Waals surface area contributed by atoms with Gasteiger partial charge in [-0.1, -0.05) is 130 Å². The first-order chi connectivity index (χ1) is 19.6. The Labute approximate surface area is 269 Å². The molecule has 42 heavy (non-hydrogen) atoms. The van der Waals surface area contributed by atoms with Crippen LogP contribution in [0.1, 0.15) is 94.2 Å². The predicted molar refractivity (Wildman–Crippen MR) is 195 cm³/mol. The second-order valence-corrected chi connectivity index (χ2v) is 25.9. The van der Waals surface area contributed by atoms with Crippen molar-refractivity contribution in [3.63, 3.8) is 0 Å². The predicted octanol–water partition coefficient (Wildman–Crippen LogP) is 13.0. The molecule has 0 aliphatic rings. The molecule has 0 amide bonds. The van der Waals surface area contributed by atoms with E-state index < -0.39 is 16.1 Å². The smallest absolute Gasteiger partial charge is 0.125 e. The van der Waals surface area contributed by atoms with E-state index in [0.717, 1.165) is 33.0 Å². The highest BCUT2D eigenvalue weighted by molar-refractivity contribution is 6.91. The second-order valence-electron chi connectivity index (χ2n) is 13.9. The standard InChI is InChI=1S/C38H50Cl2Si2/c1-25(2)41(26(3)4,27(5)6)19-17-31-13-15-32(16-14-31)36-22-35-24-38(40)37(39)23-34(35)21-33(36)18-20-42(28(7)8,29(9)10)30(11)12/h13-16,21-30H,1-12H3. The molecule has 0 aliphatic heterocycles. The van der Waals surface area contributed by atoms with Crippen molar-refractivity contribution in [1.82, 2.24) is 0 Å². The Morgan fingerprint density at radius 1 is 0.500 bits per heavy atom. The molecule has 0 saturated heterocycles. The van der Waals surface area contributed by atoms with Crippen LogP contribution < -0.4 is 0 Å². The summed E-state index contributed by atoms with van der Waals surface area (Å²) in [5.41, 5.74) is 15.7. The molecule has 0 spiro atoms. The van der Waals surface area contributed by atoms with Crippen LogP contribution in [0.25, 0.3) is 21.9 Å². The van der Waals surface area contributed by atoms with Gasteiger partial charge in [0.15, 0.2) is 0 Å². The lowest BCUT2D eigenvalue weighted by molar-refractivity contribution is 0.838. The summed E-state index contributed by atoms with van der Waals surface area (Å²) in [6, 6.07) is 17.1. The molecule has 224 valence electrons. The largest absolute Gasteiger partial charge is 0.146 e. The Morgan fingerprint density at radius 3 is 1.29 bits per heavy atom. The molecule has 0 nitrogen and oxygen atoms in total. The third-order valence-corrected chi connectivity index (χ3v) is 23.1. The first-order valence-corrected chi connectivity index (χ1v) is 20.9. The van der Waals surface area contributed by atoms with Crippen molar-refractivity contribution >= 4 is 50.1 Å². The number of hydrogen-bond donors (Lipinski definition) is 0. The van der Waals surface area contributed by atoms with Crippen molar-refractivity contribution in [3.8, 4) is 34.1 Å². The third-order valence-electron chi connectivity index (χ3n) is 9.78. The van der Waals surface area contributed by atoms with E-state index in [-0.39, 0.29) is 0 Å². The van der Waals surface area contributed by atoms with Crippen molar-refractivity contribution in [2.24, 2.45) is 0 Å². The molecule has 0 heterocycles. The fraction of sp³-hybridized carbons (Fsp3) is 0.474. The fourth-order valence-electron chi connectivity index (χ4n) is 7.59. The summed E-state index contributed by atoms with van der Waals surface area (Å²) in [5.74, 6) is 7.34. The molecule has 0 atom stereocenters. The highest BCUT2D eigenvalue weighted by Gasteiger charge is 2.42. The van der Waals surface area contributed by atoms with E-state index in [9.17, 15) is 0 Å². The Bertz CT molecular complexity index is 1480. The Hall–Kier alpha value is -1.95. The van der Waals surface area contributed by atoms with Crippen LogP contribution in [0, 0.1) is 22.9 Å². The normalized spacial score (nSPS) is 12.5. The van der Waals surface area contributed by atoms with Crippen LogP contribution in [0.15, 0.2) is 48.5 Å². The maximum atomic E-state index is 6.44. The van der Waals surface area contributed by atoms with Gasteiger partial charge in [0.05, 0.1) is 10.0 Å². The summed E-state index contributed by atoms with van der Waals surface area (Å²) in [4.78, 5) is 0. The van der Waals surface area contributed by atoms with Crippen molar-refractivity contribution in [2.45, 2.75) is 116 Å². The topological polar surface area (TPSA) is 0 Å². The molecule has 0 N–H and O–H groups in total. The van der Waals surface area contributed by atoms with E-state index >= 15 is 0 Å². The molecular formula is C38H50Cl2Si2. The number of fused-ring (bicyclic) bond motifs is 1. The highest BCUT2D eigenvalue weighted by Crippen LogP contribution is 2.42. The number of hydrogen-bond acceptors (Lipinski definition) is 0. The van der Waals surface area contributed by atoms with E-state index in [1.165, 1.54) is 0 Å². The molecular weight excluding hydrogens is 583 g/mol. The van der Waals surface area contributed by atoms with Crippen molar-refractivity contribution in [3.05, 3.63) is 69.7 Å². The van der Waals surface area contributed by atoms with Crippen molar-refractivity contribution < 1.29 is 0 Å². The minimum atomic E-state index is -1.91. The summed E-state index contributed by atoms with van der Waals surface area (Å²) >= 11 is 12.9. The SMILES string of the molecule is CC(C)[Si](C#Cc1ccc(-c2cc3cc(Cl)c(Cl)cc3cc2C#C[Si](C(C)C)(C(C)C)C(C)C)cc1)(C(C)C)C(C)C. The first kappa shape index (κ1) is 34.5. The maximum Gasteiger partial charge on any atom is 0.146 e. The molecule has 0 unspecified atom stereocenters. The van der Waals surface area contributed by atoms with Gasteiger partial charge < -0.3 is 0 Å². The van der Waals surface area contributed by atoms with E-state index in [0.29, 0.717) is 43.3 Å². The van der Waals surface area contributed by atoms with Crippen LogP contribution in [0.4, 0.5) is 0 Å². The van der Waals surface area contributed by atoms with Gasteiger partial charge in [-0.05, 0) is 91.5 Å². The highest BCUT2D eigenvalue weighted by atomic mass is 35.5. The molecule has 3 aromatic carbocycles. The molecule has 0 aromatic heterocycles. The number of rotatable bonds is 7. The van der Waals surface area contributed by atoms with Crippen molar-refractivity contribution in [2.75, 3.05) is 0 Å². The Morgan fingerprint density at radius 2 is 0.881 bits per heavy atom. The molecule has 4 heteroatoms. The van der Waals surface area contributed by atoms with Gasteiger partial charge in [-0.15, -0.1) is 11.1 Å². The van der Waals surface area contributed by atoms with Gasteiger partial charge >= 0.3 is 0 Å². The van der Waals surface area contributed by atoms with Gasteiger partial charge in [0, 0.05) is 11.1 Å². The summed E-state index contributed by atoms with van der Waals surface area (Å²) < 4.78 is 0. The maximum absolute atomic E-state index is 6.44. The van der Waals surface area contributed by atoms with Crippen LogP contribution in [0.2, 0.25) is 43.3 Å². The minimum Gasteiger partial charge on any atom is -0.125 e. The van der Waals surface area contributed by atoms with Crippen LogP contribution in [-0.4, -0.2) is 16.1 Å². The van der Waals surface area contributed by atoms with E-state index in [1.54, 1.807) is 0 Å². The molecule has 0 radical (unpaired) electrons. The zero-order valence-electron chi connectivity index (χ0n) is 27.8. The van der Waals surface area contributed by atoms with E-state index in [1.807, 2.05) is 12.1 Å². The van der Waals surface area contributed by atoms with Crippen molar-refractivity contribution in [1.29, 1.82) is 0 Å². The minimum absolute atomic E-state index is 0.567. The Kier molecular flexibility index (Phi) is 11.3. The van der Waals surface area contributed by atoms with Gasteiger partial charge in [0.1, 0.15) is 16.1 Å². The lowest BCUT2D eigenvalue weighted by Gasteiger charge is -2.38. The zero-order valence-corrected chi connectivity index (χ0v) is 31.4. The summed E-state index contributed by atoms with van der Waals surface area (Å²) in [6.45, 7) is 28.3. The van der Waals surface area contributed by atoms with Crippen LogP contribution in [-0.2, 0) is 0 Å². The zero-order chi connectivity index (χ0) is 31.6. The van der Waals surface area contributed by atoms with Crippen LogP contribution >= 0.6 is 23.2 Å². The molecule has 0 saturated carbocycles. The Balaban J connectivity index is 2.21. The third kappa shape index (κ3) is 6.74. The van der Waals surface area contributed by atoms with Gasteiger partial charge in [-0.25, -0.2) is 0 Å². The van der Waals surface area contributed by atoms with E-state index in [2.05, 4.69) is 142 Å². The van der Waals surface area contributed by atoms with Gasteiger partial charge in [0.25, 0.3) is 0 Å². The molecule has 3 rings (SSSR count). The number of halogens is 2. The fourth-order valence-corrected chi connectivity index (χ4v) is 18.4. The van der Waals surface area contributed by atoms with Crippen LogP contribution in [0.5, 0.6) is 0 Å². The molecule has 0 bridgehead atoms. The van der Waals surface area contributed by atoms with Crippen LogP contribution in [0.3, 0.4) is 0 Å². The monoisotopic (exact) mass is 632 g/mol. The van der Waals surface area contributed by atoms with Gasteiger partial charge in [-0.3, -0.25) is 0 Å². The number of benzene rings is 3. The average Bonchev–Trinajstić information content (AvgIpc) is 2.89. The second kappa shape index (κ2) is 13.8. The summed E-state index contributed by atoms with van der Waals surface area (Å²) in [6.07, 6.45) is 0. The summed E-state index contributed by atoms with van der Waals surface area (Å²) in [5, 5.41) is 3.26. The average molecular weight is 634 g/mol.